The van der Waals surface area contributed by atoms with Crippen LogP contribution in [0.5, 0.6) is 0 Å². The molecule has 15 heavy (non-hydrogen) atoms. The van der Waals surface area contributed by atoms with Gasteiger partial charge in [0, 0.05) is 19.0 Å². The normalized spacial score (nSPS) is 17.7. The van der Waals surface area contributed by atoms with Crippen LogP contribution in [-0.4, -0.2) is 49.8 Å². The highest BCUT2D eigenvalue weighted by Crippen LogP contribution is 2.16. The number of carbonyl (C=O) groups excluding carboxylic acids is 1. The first kappa shape index (κ1) is 12.3. The number of halogens is 3. The predicted octanol–water partition coefficient (Wildman–Crippen LogP) is -0.0176. The molecule has 1 aliphatic rings. The van der Waals surface area contributed by atoms with Gasteiger partial charge in [0.25, 0.3) is 0 Å². The van der Waals surface area contributed by atoms with Crippen LogP contribution >= 0.6 is 0 Å². The number of alkyl halides is 3. The Morgan fingerprint density at radius 2 is 2.07 bits per heavy atom. The third-order valence-corrected chi connectivity index (χ3v) is 2.13. The average molecular weight is 226 g/mol. The van der Waals surface area contributed by atoms with Gasteiger partial charge in [-0.15, -0.1) is 0 Å². The summed E-state index contributed by atoms with van der Waals surface area (Å²) in [5, 5.41) is 0. The summed E-state index contributed by atoms with van der Waals surface area (Å²) in [5.41, 5.74) is 5.34. The standard InChI is InChI=1S/C8H13F3N2O2/c9-8(10,11)5-15-4-7(14)13-2-6(1-12)3-13/h6H,1-5,12H2. The molecule has 0 aromatic heterocycles. The Labute approximate surface area is 85.2 Å². The number of amides is 1. The van der Waals surface area contributed by atoms with Gasteiger partial charge in [-0.05, 0) is 6.54 Å². The van der Waals surface area contributed by atoms with E-state index in [1.54, 1.807) is 0 Å². The molecular weight excluding hydrogens is 213 g/mol. The zero-order valence-corrected chi connectivity index (χ0v) is 8.09. The SMILES string of the molecule is NCC1CN(C(=O)COCC(F)(F)F)C1. The fraction of sp³-hybridized carbons (Fsp3) is 0.875. The van der Waals surface area contributed by atoms with Crippen molar-refractivity contribution in [3.8, 4) is 0 Å². The van der Waals surface area contributed by atoms with Crippen LogP contribution in [0, 0.1) is 5.92 Å². The van der Waals surface area contributed by atoms with E-state index in [0.29, 0.717) is 19.6 Å². The maximum atomic E-state index is 11.7. The predicted molar refractivity (Wildman–Crippen MR) is 46.0 cm³/mol. The van der Waals surface area contributed by atoms with Crippen LogP contribution in [0.25, 0.3) is 0 Å². The molecule has 1 fully saturated rings. The number of hydrogen-bond donors (Lipinski definition) is 1. The van der Waals surface area contributed by atoms with Gasteiger partial charge >= 0.3 is 6.18 Å². The molecule has 0 aromatic rings. The summed E-state index contributed by atoms with van der Waals surface area (Å²) in [5.74, 6) is -0.138. The maximum Gasteiger partial charge on any atom is 0.411 e. The molecule has 0 bridgehead atoms. The molecule has 88 valence electrons. The van der Waals surface area contributed by atoms with E-state index in [0.717, 1.165) is 0 Å². The van der Waals surface area contributed by atoms with Crippen molar-refractivity contribution in [3.05, 3.63) is 0 Å². The van der Waals surface area contributed by atoms with Crippen LogP contribution in [0.2, 0.25) is 0 Å². The smallest absolute Gasteiger partial charge is 0.362 e. The largest absolute Gasteiger partial charge is 0.411 e. The summed E-state index contributed by atoms with van der Waals surface area (Å²) in [6.07, 6.45) is -4.38. The Morgan fingerprint density at radius 1 is 1.47 bits per heavy atom. The zero-order valence-electron chi connectivity index (χ0n) is 8.09. The molecule has 1 heterocycles. The summed E-state index contributed by atoms with van der Waals surface area (Å²) >= 11 is 0. The molecule has 0 aromatic carbocycles. The topological polar surface area (TPSA) is 55.6 Å². The number of nitrogens with zero attached hydrogens (tertiary/aromatic N) is 1. The summed E-state index contributed by atoms with van der Waals surface area (Å²) in [4.78, 5) is 12.6. The second kappa shape index (κ2) is 4.80. The molecule has 1 amide bonds. The lowest BCUT2D eigenvalue weighted by Crippen LogP contribution is -2.53. The van der Waals surface area contributed by atoms with Gasteiger partial charge in [0.2, 0.25) is 5.91 Å². The molecule has 0 saturated carbocycles. The minimum atomic E-state index is -4.38. The van der Waals surface area contributed by atoms with Crippen LogP contribution in [0.4, 0.5) is 13.2 Å². The van der Waals surface area contributed by atoms with Crippen molar-refractivity contribution in [2.45, 2.75) is 6.18 Å². The van der Waals surface area contributed by atoms with Crippen LogP contribution < -0.4 is 5.73 Å². The molecule has 1 saturated heterocycles. The number of carbonyl (C=O) groups is 1. The highest BCUT2D eigenvalue weighted by molar-refractivity contribution is 5.78. The van der Waals surface area contributed by atoms with Crippen LogP contribution in [0.15, 0.2) is 0 Å². The van der Waals surface area contributed by atoms with E-state index in [1.807, 2.05) is 0 Å². The highest BCUT2D eigenvalue weighted by Gasteiger charge is 2.31. The van der Waals surface area contributed by atoms with Gasteiger partial charge in [0.05, 0.1) is 0 Å². The molecule has 0 spiro atoms. The number of nitrogens with two attached hydrogens (primary N) is 1. The minimum absolute atomic E-state index is 0.275. The van der Waals surface area contributed by atoms with Crippen LogP contribution in [0.1, 0.15) is 0 Å². The van der Waals surface area contributed by atoms with Crippen molar-refractivity contribution in [1.29, 1.82) is 0 Å². The quantitative estimate of drug-likeness (QED) is 0.733. The molecule has 4 nitrogen and oxygen atoms in total. The van der Waals surface area contributed by atoms with Gasteiger partial charge in [0.15, 0.2) is 0 Å². The Bertz CT molecular complexity index is 226. The van der Waals surface area contributed by atoms with Crippen LogP contribution in [0.3, 0.4) is 0 Å². The lowest BCUT2D eigenvalue weighted by Gasteiger charge is -2.38. The van der Waals surface area contributed by atoms with Crippen molar-refractivity contribution in [2.24, 2.45) is 11.7 Å². The second-order valence-corrected chi connectivity index (χ2v) is 3.51. The lowest BCUT2D eigenvalue weighted by atomic mass is 10.0. The monoisotopic (exact) mass is 226 g/mol. The summed E-state index contributed by atoms with van der Waals surface area (Å²) < 4.78 is 39.2. The first-order chi connectivity index (χ1) is 6.92. The van der Waals surface area contributed by atoms with Crippen molar-refractivity contribution < 1.29 is 22.7 Å². The second-order valence-electron chi connectivity index (χ2n) is 3.51. The molecule has 0 radical (unpaired) electrons. The zero-order chi connectivity index (χ0) is 11.5. The molecule has 7 heteroatoms. The number of ether oxygens (including phenoxy) is 1. The van der Waals surface area contributed by atoms with E-state index < -0.39 is 25.3 Å². The summed E-state index contributed by atoms with van der Waals surface area (Å²) in [6, 6.07) is 0. The van der Waals surface area contributed by atoms with Crippen LogP contribution in [-0.2, 0) is 9.53 Å². The number of rotatable bonds is 4. The summed E-state index contributed by atoms with van der Waals surface area (Å²) in [7, 11) is 0. The molecule has 1 rings (SSSR count). The Hall–Kier alpha value is -0.820. The molecule has 0 aliphatic carbocycles. The number of likely N-dealkylation sites (tertiary alicyclic amines) is 1. The first-order valence-corrected chi connectivity index (χ1v) is 4.54. The maximum absolute atomic E-state index is 11.7. The lowest BCUT2D eigenvalue weighted by molar-refractivity contribution is -0.179. The third kappa shape index (κ3) is 4.05. The van der Waals surface area contributed by atoms with Gasteiger partial charge < -0.3 is 15.4 Å². The van der Waals surface area contributed by atoms with Crippen molar-refractivity contribution in [3.63, 3.8) is 0 Å². The van der Waals surface area contributed by atoms with Gasteiger partial charge in [-0.2, -0.15) is 13.2 Å². The van der Waals surface area contributed by atoms with Crippen molar-refractivity contribution in [1.82, 2.24) is 4.90 Å². The Morgan fingerprint density at radius 3 is 2.53 bits per heavy atom. The van der Waals surface area contributed by atoms with Crippen molar-refractivity contribution >= 4 is 5.91 Å². The Balaban J connectivity index is 2.10. The van der Waals surface area contributed by atoms with Gasteiger partial charge in [-0.1, -0.05) is 0 Å². The highest BCUT2D eigenvalue weighted by atomic mass is 19.4. The average Bonchev–Trinajstić information content (AvgIpc) is 1.99. The molecule has 1 aliphatic heterocycles. The Kier molecular flexibility index (Phi) is 3.92. The fourth-order valence-electron chi connectivity index (χ4n) is 1.27. The van der Waals surface area contributed by atoms with E-state index in [4.69, 9.17) is 5.73 Å². The first-order valence-electron chi connectivity index (χ1n) is 4.54. The van der Waals surface area contributed by atoms with E-state index in [-0.39, 0.29) is 5.92 Å². The van der Waals surface area contributed by atoms with Crippen molar-refractivity contribution in [2.75, 3.05) is 32.8 Å². The van der Waals surface area contributed by atoms with E-state index >= 15 is 0 Å². The van der Waals surface area contributed by atoms with Gasteiger partial charge in [-0.25, -0.2) is 0 Å². The van der Waals surface area contributed by atoms with E-state index in [1.165, 1.54) is 4.90 Å². The fourth-order valence-corrected chi connectivity index (χ4v) is 1.27. The molecule has 2 N–H and O–H groups in total. The number of hydrogen-bond acceptors (Lipinski definition) is 3. The third-order valence-electron chi connectivity index (χ3n) is 2.13. The molecular formula is C8H13F3N2O2. The minimum Gasteiger partial charge on any atom is -0.362 e. The van der Waals surface area contributed by atoms with E-state index in [9.17, 15) is 18.0 Å². The molecule has 0 unspecified atom stereocenters. The van der Waals surface area contributed by atoms with E-state index in [2.05, 4.69) is 4.74 Å². The van der Waals surface area contributed by atoms with Gasteiger partial charge in [-0.3, -0.25) is 4.79 Å². The molecule has 0 atom stereocenters. The summed E-state index contributed by atoms with van der Waals surface area (Å²) in [6.45, 7) is -0.369. The van der Waals surface area contributed by atoms with Gasteiger partial charge in [0.1, 0.15) is 13.2 Å².